The van der Waals surface area contributed by atoms with E-state index in [0.29, 0.717) is 0 Å². The van der Waals surface area contributed by atoms with Gasteiger partial charge in [0, 0.05) is 0 Å². The molecule has 0 amide bonds. The molecule has 0 fully saturated rings. The van der Waals surface area contributed by atoms with Crippen molar-refractivity contribution in [3.63, 3.8) is 0 Å². The van der Waals surface area contributed by atoms with Crippen LogP contribution in [-0.4, -0.2) is 26.5 Å². The fourth-order valence-corrected chi connectivity index (χ4v) is 0.895. The summed E-state index contributed by atoms with van der Waals surface area (Å²) in [4.78, 5) is 0. The Kier molecular flexibility index (Phi) is 2.23. The molecule has 0 spiro atoms. The zero-order valence-electron chi connectivity index (χ0n) is 7.12. The molecule has 1 aromatic heterocycles. The number of hydrogen-bond acceptors (Lipinski definition) is 3. The highest BCUT2D eigenvalue weighted by atomic mass is 16.6. The van der Waals surface area contributed by atoms with E-state index < -0.39 is 6.89 Å². The second-order valence-electron chi connectivity index (χ2n) is 3.09. The summed E-state index contributed by atoms with van der Waals surface area (Å²) < 4.78 is 2.71. The van der Waals surface area contributed by atoms with Crippen LogP contribution in [0.3, 0.4) is 0 Å². The Labute approximate surface area is 70.5 Å². The van der Waals surface area contributed by atoms with Crippen LogP contribution in [-0.2, 0) is 0 Å². The van der Waals surface area contributed by atoms with E-state index in [1.807, 2.05) is 13.8 Å². The van der Waals surface area contributed by atoms with Gasteiger partial charge in [0.1, 0.15) is 6.20 Å². The third-order valence-corrected chi connectivity index (χ3v) is 1.67. The van der Waals surface area contributed by atoms with E-state index in [1.165, 1.54) is 12.5 Å². The molecule has 6 heteroatoms. The summed E-state index contributed by atoms with van der Waals surface area (Å²) in [5.74, 6) is 0. The van der Waals surface area contributed by atoms with Gasteiger partial charge in [-0.2, -0.15) is 0 Å². The van der Waals surface area contributed by atoms with E-state index in [1.54, 1.807) is 10.8 Å². The predicted octanol–water partition coefficient (Wildman–Crippen LogP) is -1.38. The van der Waals surface area contributed by atoms with Crippen LogP contribution in [0.5, 0.6) is 0 Å². The lowest BCUT2D eigenvalue weighted by Crippen LogP contribution is -2.64. The molecule has 68 valence electrons. The summed E-state index contributed by atoms with van der Waals surface area (Å²) in [6, 6.07) is 0.226. The van der Waals surface area contributed by atoms with Crippen LogP contribution in [0, 0.1) is 0 Å². The molecule has 3 N–H and O–H groups in total. The monoisotopic (exact) mass is 172 g/mol. The Morgan fingerprint density at radius 1 is 1.33 bits per heavy atom. The van der Waals surface area contributed by atoms with Gasteiger partial charge in [-0.05, 0) is 13.8 Å². The van der Waals surface area contributed by atoms with Crippen LogP contribution in [0.15, 0.2) is 18.7 Å². The normalized spacial score (nSPS) is 12.5. The third-order valence-electron chi connectivity index (χ3n) is 1.67. The molecule has 12 heavy (non-hydrogen) atoms. The van der Waals surface area contributed by atoms with Gasteiger partial charge in [-0.15, -0.1) is 0 Å². The molecule has 1 heterocycles. The van der Waals surface area contributed by atoms with Crippen LogP contribution in [0.2, 0.25) is 0 Å². The summed E-state index contributed by atoms with van der Waals surface area (Å²) in [6.07, 6.45) is 4.49. The quantitative estimate of drug-likeness (QED) is 0.481. The molecule has 0 aromatic carbocycles. The molecule has 0 aliphatic heterocycles. The van der Waals surface area contributed by atoms with E-state index in [2.05, 4.69) is 0 Å². The number of aromatic nitrogens is 2. The first kappa shape index (κ1) is 9.24. The largest absolute Gasteiger partial charge is 0.595 e. The summed E-state index contributed by atoms with van der Waals surface area (Å²) in [7, 11) is 0. The minimum Gasteiger partial charge on any atom is -0.517 e. The standard InChI is InChI=1S/C6H13BN2O3/c1-6(2)8-3-4-9(5-8)7(10,11)12/h3-6,10-12H,1-2H3. The van der Waals surface area contributed by atoms with Crippen LogP contribution in [0.25, 0.3) is 0 Å². The summed E-state index contributed by atoms with van der Waals surface area (Å²) >= 11 is 0. The molecule has 0 radical (unpaired) electrons. The fourth-order valence-electron chi connectivity index (χ4n) is 0.895. The van der Waals surface area contributed by atoms with Gasteiger partial charge >= 0.3 is 6.89 Å². The molecule has 5 nitrogen and oxygen atoms in total. The lowest BCUT2D eigenvalue weighted by Gasteiger charge is -2.14. The summed E-state index contributed by atoms with van der Waals surface area (Å²) in [5.41, 5.74) is 0. The number of hydrogen-bond donors (Lipinski definition) is 3. The maximum atomic E-state index is 8.81. The molecule has 1 aromatic rings. The molecule has 0 aliphatic rings. The maximum Gasteiger partial charge on any atom is 0.595 e. The fraction of sp³-hybridized carbons (Fsp3) is 0.500. The van der Waals surface area contributed by atoms with Crippen molar-refractivity contribution in [3.8, 4) is 0 Å². The number of rotatable bonds is 2. The molecule has 0 bridgehead atoms. The minimum absolute atomic E-state index is 0.226. The van der Waals surface area contributed by atoms with Gasteiger partial charge < -0.3 is 19.6 Å². The first-order chi connectivity index (χ1) is 5.41. The van der Waals surface area contributed by atoms with Gasteiger partial charge in [0.15, 0.2) is 0 Å². The van der Waals surface area contributed by atoms with E-state index in [9.17, 15) is 0 Å². The van der Waals surface area contributed by atoms with Crippen molar-refractivity contribution in [3.05, 3.63) is 18.7 Å². The highest BCUT2D eigenvalue weighted by molar-refractivity contribution is 6.45. The zero-order valence-corrected chi connectivity index (χ0v) is 7.12. The Morgan fingerprint density at radius 2 is 1.92 bits per heavy atom. The second-order valence-corrected chi connectivity index (χ2v) is 3.09. The Hall–Kier alpha value is -0.845. The van der Waals surface area contributed by atoms with Crippen molar-refractivity contribution in [2.75, 3.05) is 0 Å². The molecule has 0 saturated carbocycles. The van der Waals surface area contributed by atoms with Gasteiger partial charge in [-0.25, -0.2) is 4.57 Å². The smallest absolute Gasteiger partial charge is 0.517 e. The molecule has 0 atom stereocenters. The number of nitrogens with zero attached hydrogens (tertiary/aromatic N) is 2. The van der Waals surface area contributed by atoms with Crippen LogP contribution in [0.1, 0.15) is 19.9 Å². The average Bonchev–Trinajstić information content (AvgIpc) is 2.30. The highest BCUT2D eigenvalue weighted by Crippen LogP contribution is 2.00. The third kappa shape index (κ3) is 1.85. The molecule has 0 unspecified atom stereocenters. The molecule has 1 rings (SSSR count). The van der Waals surface area contributed by atoms with Crippen molar-refractivity contribution in [1.29, 1.82) is 0 Å². The SMILES string of the molecule is CC(C)n1cc[n+]([B-](O)(O)O)c1. The van der Waals surface area contributed by atoms with Gasteiger partial charge in [0.25, 0.3) is 0 Å². The Balaban J connectivity index is 2.92. The molecule has 0 saturated heterocycles. The van der Waals surface area contributed by atoms with Crippen LogP contribution in [0.4, 0.5) is 0 Å². The van der Waals surface area contributed by atoms with Gasteiger partial charge in [-0.3, -0.25) is 0 Å². The lowest BCUT2D eigenvalue weighted by atomic mass is 10.0. The van der Waals surface area contributed by atoms with Crippen molar-refractivity contribution in [1.82, 2.24) is 4.57 Å². The summed E-state index contributed by atoms with van der Waals surface area (Å²) in [6.45, 7) is 0.483. The highest BCUT2D eigenvalue weighted by Gasteiger charge is 2.26. The van der Waals surface area contributed by atoms with E-state index >= 15 is 0 Å². The van der Waals surface area contributed by atoms with Crippen molar-refractivity contribution >= 4 is 6.89 Å². The Bertz CT molecular complexity index is 266. The van der Waals surface area contributed by atoms with Crippen LogP contribution < -0.4 is 4.48 Å². The van der Waals surface area contributed by atoms with Crippen molar-refractivity contribution < 1.29 is 19.6 Å². The topological polar surface area (TPSA) is 69.5 Å². The van der Waals surface area contributed by atoms with Gasteiger partial charge in [0.05, 0.1) is 12.2 Å². The van der Waals surface area contributed by atoms with Crippen molar-refractivity contribution in [2.24, 2.45) is 0 Å². The summed E-state index contributed by atoms with van der Waals surface area (Å²) in [5, 5.41) is 26.4. The predicted molar refractivity (Wildman–Crippen MR) is 42.8 cm³/mol. The first-order valence-corrected chi connectivity index (χ1v) is 3.81. The van der Waals surface area contributed by atoms with Gasteiger partial charge in [-0.1, -0.05) is 0 Å². The minimum atomic E-state index is -3.42. The second kappa shape index (κ2) is 2.89. The van der Waals surface area contributed by atoms with Crippen molar-refractivity contribution in [2.45, 2.75) is 19.9 Å². The number of imidazole rings is 1. The lowest BCUT2D eigenvalue weighted by molar-refractivity contribution is -0.590. The maximum absolute atomic E-state index is 8.81. The molecular formula is C6H13BN2O3. The average molecular weight is 172 g/mol. The Morgan fingerprint density at radius 3 is 2.17 bits per heavy atom. The zero-order chi connectivity index (χ0) is 9.35. The molecular weight excluding hydrogens is 159 g/mol. The van der Waals surface area contributed by atoms with E-state index in [4.69, 9.17) is 15.1 Å². The van der Waals surface area contributed by atoms with Crippen LogP contribution >= 0.6 is 0 Å². The first-order valence-electron chi connectivity index (χ1n) is 3.81. The molecule has 0 aliphatic carbocycles. The van der Waals surface area contributed by atoms with Gasteiger partial charge in [0.2, 0.25) is 6.33 Å². The van der Waals surface area contributed by atoms with E-state index in [0.717, 1.165) is 4.48 Å². The van der Waals surface area contributed by atoms with E-state index in [-0.39, 0.29) is 6.04 Å².